The summed E-state index contributed by atoms with van der Waals surface area (Å²) in [6.45, 7) is 6.51. The van der Waals surface area contributed by atoms with E-state index in [-0.39, 0.29) is 10.8 Å². The maximum absolute atomic E-state index is 13.2. The lowest BCUT2D eigenvalue weighted by Gasteiger charge is -2.05. The summed E-state index contributed by atoms with van der Waals surface area (Å²) in [7, 11) is 0. The highest BCUT2D eigenvalue weighted by molar-refractivity contribution is 6.31. The van der Waals surface area contributed by atoms with Crippen LogP contribution in [0.4, 0.5) is 4.39 Å². The Morgan fingerprint density at radius 3 is 2.38 bits per heavy atom. The molecule has 0 bridgehead atoms. The molecule has 0 saturated heterocycles. The van der Waals surface area contributed by atoms with Crippen LogP contribution in [-0.4, -0.2) is 6.54 Å². The monoisotopic (exact) mass is 245 g/mol. The van der Waals surface area contributed by atoms with Gasteiger partial charge in [0.25, 0.3) is 0 Å². The molecular formula is C13H21ClFN. The van der Waals surface area contributed by atoms with E-state index in [9.17, 15) is 4.39 Å². The average molecular weight is 246 g/mol. The van der Waals surface area contributed by atoms with Crippen molar-refractivity contribution in [3.05, 3.63) is 34.1 Å². The third-order valence-electron chi connectivity index (χ3n) is 2.19. The fourth-order valence-electron chi connectivity index (χ4n) is 1.42. The molecule has 2 N–H and O–H groups in total. The van der Waals surface area contributed by atoms with Crippen molar-refractivity contribution >= 4 is 11.6 Å². The molecule has 0 heterocycles. The van der Waals surface area contributed by atoms with Crippen molar-refractivity contribution in [3.8, 4) is 0 Å². The Bertz CT molecular complexity index is 290. The van der Waals surface area contributed by atoms with Crippen LogP contribution >= 0.6 is 11.6 Å². The number of hydrogen-bond donors (Lipinski definition) is 1. The molecule has 1 aromatic rings. The normalized spacial score (nSPS) is 9.62. The highest BCUT2D eigenvalue weighted by Crippen LogP contribution is 2.21. The summed E-state index contributed by atoms with van der Waals surface area (Å²) in [5, 5.41) is 0.229. The molecule has 16 heavy (non-hydrogen) atoms. The van der Waals surface area contributed by atoms with Crippen LogP contribution in [0.3, 0.4) is 0 Å². The third kappa shape index (κ3) is 4.95. The lowest BCUT2D eigenvalue weighted by atomic mass is 10.1. The molecule has 0 spiro atoms. The highest BCUT2D eigenvalue weighted by Gasteiger charge is 2.05. The number of unbranched alkanes of at least 4 members (excludes halogenated alkanes) is 1. The molecule has 0 amide bonds. The van der Waals surface area contributed by atoms with E-state index in [1.807, 2.05) is 26.8 Å². The number of hydrogen-bond acceptors (Lipinski definition) is 1. The number of aryl methyl sites for hydroxylation is 2. The summed E-state index contributed by atoms with van der Waals surface area (Å²) < 4.78 is 13.2. The first-order valence-corrected chi connectivity index (χ1v) is 6.17. The van der Waals surface area contributed by atoms with Gasteiger partial charge in [-0.05, 0) is 49.9 Å². The highest BCUT2D eigenvalue weighted by atomic mass is 35.5. The third-order valence-corrected chi connectivity index (χ3v) is 2.67. The van der Waals surface area contributed by atoms with Gasteiger partial charge in [0.15, 0.2) is 0 Å². The van der Waals surface area contributed by atoms with Crippen LogP contribution in [0.5, 0.6) is 0 Å². The predicted octanol–water partition coefficient (Wildman–Crippen LogP) is 4.10. The van der Waals surface area contributed by atoms with Gasteiger partial charge in [0.05, 0.1) is 5.02 Å². The minimum absolute atomic E-state index is 0.229. The second kappa shape index (κ2) is 8.54. The zero-order valence-corrected chi connectivity index (χ0v) is 11.1. The summed E-state index contributed by atoms with van der Waals surface area (Å²) in [4.78, 5) is 0. The molecule has 0 aromatic heterocycles. The summed E-state index contributed by atoms with van der Waals surface area (Å²) in [5.41, 5.74) is 7.18. The molecule has 0 aliphatic heterocycles. The first-order chi connectivity index (χ1) is 7.65. The zero-order valence-electron chi connectivity index (χ0n) is 10.3. The lowest BCUT2D eigenvalue weighted by Crippen LogP contribution is -1.99. The SMILES string of the molecule is CC.Cc1cc(CCCCN)cc(F)c1Cl. The molecule has 3 heteroatoms. The quantitative estimate of drug-likeness (QED) is 0.795. The van der Waals surface area contributed by atoms with Crippen LogP contribution < -0.4 is 5.73 Å². The first kappa shape index (κ1) is 15.4. The lowest BCUT2D eigenvalue weighted by molar-refractivity contribution is 0.623. The topological polar surface area (TPSA) is 26.0 Å². The Kier molecular flexibility index (Phi) is 8.22. The fraction of sp³-hybridized carbons (Fsp3) is 0.538. The van der Waals surface area contributed by atoms with Gasteiger partial charge >= 0.3 is 0 Å². The molecule has 0 atom stereocenters. The van der Waals surface area contributed by atoms with Gasteiger partial charge in [0.1, 0.15) is 5.82 Å². The summed E-state index contributed by atoms with van der Waals surface area (Å²) in [6.07, 6.45) is 2.84. The van der Waals surface area contributed by atoms with Crippen molar-refractivity contribution in [2.75, 3.05) is 6.54 Å². The molecule has 0 fully saturated rings. The Hall–Kier alpha value is -0.600. The summed E-state index contributed by atoms with van der Waals surface area (Å²) in [5.74, 6) is -0.325. The first-order valence-electron chi connectivity index (χ1n) is 5.79. The van der Waals surface area contributed by atoms with E-state index < -0.39 is 0 Å². The Labute approximate surface area is 103 Å². The Balaban J connectivity index is 0.00000106. The standard InChI is InChI=1S/C11H15ClFN.C2H6/c1-8-6-9(4-2-3-5-14)7-10(13)11(8)12;1-2/h6-7H,2-5,14H2,1H3;1-2H3. The van der Waals surface area contributed by atoms with Crippen molar-refractivity contribution in [3.63, 3.8) is 0 Å². The molecule has 1 nitrogen and oxygen atoms in total. The summed E-state index contributed by atoms with van der Waals surface area (Å²) in [6, 6.07) is 3.44. The van der Waals surface area contributed by atoms with Gasteiger partial charge in [0.2, 0.25) is 0 Å². The molecule has 1 rings (SSSR count). The van der Waals surface area contributed by atoms with Crippen LogP contribution in [0.1, 0.15) is 37.8 Å². The fourth-order valence-corrected chi connectivity index (χ4v) is 1.52. The number of halogens is 2. The molecule has 0 aliphatic rings. The predicted molar refractivity (Wildman–Crippen MR) is 69.5 cm³/mol. The molecule has 92 valence electrons. The van der Waals surface area contributed by atoms with Gasteiger partial charge in [0, 0.05) is 0 Å². The molecule has 0 radical (unpaired) electrons. The minimum atomic E-state index is -0.325. The zero-order chi connectivity index (χ0) is 12.6. The second-order valence-electron chi connectivity index (χ2n) is 3.45. The largest absolute Gasteiger partial charge is 0.330 e. The van der Waals surface area contributed by atoms with Crippen LogP contribution in [0.2, 0.25) is 5.02 Å². The van der Waals surface area contributed by atoms with Gasteiger partial charge in [-0.3, -0.25) is 0 Å². The maximum atomic E-state index is 13.2. The Morgan fingerprint density at radius 2 is 1.88 bits per heavy atom. The molecule has 0 saturated carbocycles. The van der Waals surface area contributed by atoms with E-state index in [4.69, 9.17) is 17.3 Å². The van der Waals surface area contributed by atoms with Crippen molar-refractivity contribution in [2.24, 2.45) is 5.73 Å². The van der Waals surface area contributed by atoms with Crippen molar-refractivity contribution < 1.29 is 4.39 Å². The molecule has 1 aromatic carbocycles. The molecule has 0 aliphatic carbocycles. The minimum Gasteiger partial charge on any atom is -0.330 e. The van der Waals surface area contributed by atoms with E-state index in [2.05, 4.69) is 0 Å². The molecule has 0 unspecified atom stereocenters. The van der Waals surface area contributed by atoms with Gasteiger partial charge < -0.3 is 5.73 Å². The van der Waals surface area contributed by atoms with Gasteiger partial charge in [-0.1, -0.05) is 31.5 Å². The van der Waals surface area contributed by atoms with Crippen LogP contribution in [0.15, 0.2) is 12.1 Å². The van der Waals surface area contributed by atoms with Crippen molar-refractivity contribution in [2.45, 2.75) is 40.0 Å². The van der Waals surface area contributed by atoms with E-state index >= 15 is 0 Å². The average Bonchev–Trinajstić information content (AvgIpc) is 2.29. The molecular weight excluding hydrogens is 225 g/mol. The van der Waals surface area contributed by atoms with Crippen molar-refractivity contribution in [1.82, 2.24) is 0 Å². The van der Waals surface area contributed by atoms with E-state index in [0.29, 0.717) is 6.54 Å². The van der Waals surface area contributed by atoms with E-state index in [1.165, 1.54) is 6.07 Å². The maximum Gasteiger partial charge on any atom is 0.142 e. The van der Waals surface area contributed by atoms with Crippen LogP contribution in [0.25, 0.3) is 0 Å². The van der Waals surface area contributed by atoms with Gasteiger partial charge in [-0.2, -0.15) is 0 Å². The smallest absolute Gasteiger partial charge is 0.142 e. The number of nitrogens with two attached hydrogens (primary N) is 1. The van der Waals surface area contributed by atoms with E-state index in [1.54, 1.807) is 0 Å². The van der Waals surface area contributed by atoms with Gasteiger partial charge in [-0.15, -0.1) is 0 Å². The Morgan fingerprint density at radius 1 is 1.25 bits per heavy atom. The summed E-state index contributed by atoms with van der Waals surface area (Å²) >= 11 is 5.72. The second-order valence-corrected chi connectivity index (χ2v) is 3.83. The van der Waals surface area contributed by atoms with Crippen LogP contribution in [-0.2, 0) is 6.42 Å². The van der Waals surface area contributed by atoms with Crippen LogP contribution in [0, 0.1) is 12.7 Å². The number of rotatable bonds is 4. The number of benzene rings is 1. The van der Waals surface area contributed by atoms with Gasteiger partial charge in [-0.25, -0.2) is 4.39 Å². The van der Waals surface area contributed by atoms with Crippen molar-refractivity contribution in [1.29, 1.82) is 0 Å². The van der Waals surface area contributed by atoms with E-state index in [0.717, 1.165) is 30.4 Å².